The van der Waals surface area contributed by atoms with Crippen molar-refractivity contribution in [1.82, 2.24) is 5.32 Å². The molecule has 26 heavy (non-hydrogen) atoms. The zero-order chi connectivity index (χ0) is 18.5. The number of rotatable bonds is 7. The molecule has 136 valence electrons. The molecule has 1 aliphatic carbocycles. The maximum Gasteiger partial charge on any atom is 0.407 e. The molecule has 5 heteroatoms. The number of alkyl carbamates (subject to hydrolysis) is 1. The largest absolute Gasteiger partial charge is 0.480 e. The summed E-state index contributed by atoms with van der Waals surface area (Å²) < 4.78 is 5.39. The van der Waals surface area contributed by atoms with E-state index in [-0.39, 0.29) is 12.5 Å². The molecule has 0 saturated carbocycles. The van der Waals surface area contributed by atoms with E-state index in [0.717, 1.165) is 35.1 Å². The number of hydrogen-bond acceptors (Lipinski definition) is 3. The fourth-order valence-corrected chi connectivity index (χ4v) is 3.45. The molecule has 2 aromatic rings. The van der Waals surface area contributed by atoms with E-state index in [1.807, 2.05) is 43.3 Å². The standard InChI is InChI=1S/C21H23NO4/c1-2-3-12-19(20(23)24)22-21(25)26-13-18-16-10-6-4-8-14(16)15-9-5-7-11-17(15)18/h4-11,18-19H,2-3,12-13H2,1H3,(H,22,25)(H,23,24). The van der Waals surface area contributed by atoms with Crippen LogP contribution < -0.4 is 5.32 Å². The number of hydrogen-bond donors (Lipinski definition) is 2. The fourth-order valence-electron chi connectivity index (χ4n) is 3.45. The number of fused-ring (bicyclic) bond motifs is 3. The van der Waals surface area contributed by atoms with E-state index >= 15 is 0 Å². The average molecular weight is 353 g/mol. The molecule has 2 aromatic carbocycles. The van der Waals surface area contributed by atoms with Crippen LogP contribution in [0.1, 0.15) is 43.2 Å². The number of ether oxygens (including phenoxy) is 1. The zero-order valence-electron chi connectivity index (χ0n) is 14.8. The predicted octanol–water partition coefficient (Wildman–Crippen LogP) is 4.17. The van der Waals surface area contributed by atoms with Crippen LogP contribution >= 0.6 is 0 Å². The van der Waals surface area contributed by atoms with E-state index in [1.165, 1.54) is 0 Å². The topological polar surface area (TPSA) is 75.6 Å². The maximum atomic E-state index is 12.1. The molecular weight excluding hydrogens is 330 g/mol. The Morgan fingerprint density at radius 3 is 2.19 bits per heavy atom. The lowest BCUT2D eigenvalue weighted by Gasteiger charge is -2.17. The Bertz CT molecular complexity index is 757. The average Bonchev–Trinajstić information content (AvgIpc) is 2.97. The van der Waals surface area contributed by atoms with Gasteiger partial charge in [0.2, 0.25) is 0 Å². The van der Waals surface area contributed by atoms with Crippen LogP contribution in [-0.2, 0) is 9.53 Å². The second-order valence-electron chi connectivity index (χ2n) is 6.50. The summed E-state index contributed by atoms with van der Waals surface area (Å²) in [6.07, 6.45) is 1.32. The van der Waals surface area contributed by atoms with Crippen molar-refractivity contribution in [3.63, 3.8) is 0 Å². The van der Waals surface area contributed by atoms with Gasteiger partial charge in [-0.25, -0.2) is 9.59 Å². The molecule has 2 N–H and O–H groups in total. The molecule has 3 rings (SSSR count). The summed E-state index contributed by atoms with van der Waals surface area (Å²) in [5, 5.41) is 11.7. The highest BCUT2D eigenvalue weighted by Crippen LogP contribution is 2.44. The van der Waals surface area contributed by atoms with Gasteiger partial charge in [-0.3, -0.25) is 0 Å². The summed E-state index contributed by atoms with van der Waals surface area (Å²) in [6.45, 7) is 2.16. The van der Waals surface area contributed by atoms with Gasteiger partial charge in [0, 0.05) is 5.92 Å². The number of amides is 1. The van der Waals surface area contributed by atoms with Crippen LogP contribution in [0.25, 0.3) is 11.1 Å². The number of carboxylic acids is 1. The third-order valence-corrected chi connectivity index (χ3v) is 4.78. The van der Waals surface area contributed by atoms with Crippen LogP contribution in [0.2, 0.25) is 0 Å². The first-order chi connectivity index (χ1) is 12.6. The molecule has 5 nitrogen and oxygen atoms in total. The molecule has 0 aliphatic heterocycles. The Kier molecular flexibility index (Phi) is 5.56. The van der Waals surface area contributed by atoms with Gasteiger partial charge >= 0.3 is 12.1 Å². The van der Waals surface area contributed by atoms with Crippen molar-refractivity contribution in [1.29, 1.82) is 0 Å². The van der Waals surface area contributed by atoms with Gasteiger partial charge in [-0.1, -0.05) is 68.3 Å². The number of carbonyl (C=O) groups is 2. The van der Waals surface area contributed by atoms with Gasteiger partial charge in [-0.2, -0.15) is 0 Å². The maximum absolute atomic E-state index is 12.1. The number of unbranched alkanes of at least 4 members (excludes halogenated alkanes) is 1. The third kappa shape index (κ3) is 3.72. The van der Waals surface area contributed by atoms with E-state index < -0.39 is 18.1 Å². The lowest BCUT2D eigenvalue weighted by molar-refractivity contribution is -0.139. The van der Waals surface area contributed by atoms with Crippen molar-refractivity contribution in [3.8, 4) is 11.1 Å². The second kappa shape index (κ2) is 8.04. The molecule has 0 heterocycles. The Morgan fingerprint density at radius 1 is 1.08 bits per heavy atom. The van der Waals surface area contributed by atoms with Crippen molar-refractivity contribution in [2.45, 2.75) is 38.1 Å². The second-order valence-corrected chi connectivity index (χ2v) is 6.50. The van der Waals surface area contributed by atoms with E-state index in [0.29, 0.717) is 6.42 Å². The molecule has 0 radical (unpaired) electrons. The van der Waals surface area contributed by atoms with Gasteiger partial charge in [0.15, 0.2) is 0 Å². The first-order valence-corrected chi connectivity index (χ1v) is 8.96. The monoisotopic (exact) mass is 353 g/mol. The molecule has 1 unspecified atom stereocenters. The Balaban J connectivity index is 1.68. The van der Waals surface area contributed by atoms with E-state index in [1.54, 1.807) is 0 Å². The summed E-state index contributed by atoms with van der Waals surface area (Å²) in [7, 11) is 0. The quantitative estimate of drug-likeness (QED) is 0.783. The lowest BCUT2D eigenvalue weighted by Crippen LogP contribution is -2.41. The molecule has 0 aromatic heterocycles. The zero-order valence-corrected chi connectivity index (χ0v) is 14.8. The first-order valence-electron chi connectivity index (χ1n) is 8.96. The van der Waals surface area contributed by atoms with Crippen molar-refractivity contribution >= 4 is 12.1 Å². The molecule has 0 bridgehead atoms. The van der Waals surface area contributed by atoms with Crippen LogP contribution in [0, 0.1) is 0 Å². The van der Waals surface area contributed by atoms with Crippen molar-refractivity contribution < 1.29 is 19.4 Å². The lowest BCUT2D eigenvalue weighted by atomic mass is 9.98. The van der Waals surface area contributed by atoms with Crippen molar-refractivity contribution in [3.05, 3.63) is 59.7 Å². The highest BCUT2D eigenvalue weighted by atomic mass is 16.5. The van der Waals surface area contributed by atoms with Gasteiger partial charge in [0.05, 0.1) is 0 Å². The van der Waals surface area contributed by atoms with Gasteiger partial charge in [0.25, 0.3) is 0 Å². The number of nitrogens with one attached hydrogen (secondary N) is 1. The highest BCUT2D eigenvalue weighted by Gasteiger charge is 2.29. The Morgan fingerprint density at radius 2 is 1.65 bits per heavy atom. The van der Waals surface area contributed by atoms with E-state index in [4.69, 9.17) is 4.74 Å². The predicted molar refractivity (Wildman–Crippen MR) is 99.2 cm³/mol. The molecule has 0 spiro atoms. The van der Waals surface area contributed by atoms with Crippen LogP contribution in [0.4, 0.5) is 4.79 Å². The van der Waals surface area contributed by atoms with Gasteiger partial charge in [-0.15, -0.1) is 0 Å². The molecule has 1 atom stereocenters. The third-order valence-electron chi connectivity index (χ3n) is 4.78. The highest BCUT2D eigenvalue weighted by molar-refractivity contribution is 5.81. The molecular formula is C21H23NO4. The molecule has 1 aliphatic rings. The van der Waals surface area contributed by atoms with Crippen molar-refractivity contribution in [2.75, 3.05) is 6.61 Å². The summed E-state index contributed by atoms with van der Waals surface area (Å²) in [4.78, 5) is 23.4. The van der Waals surface area contributed by atoms with Gasteiger partial charge in [-0.05, 0) is 28.7 Å². The molecule has 1 amide bonds. The summed E-state index contributed by atoms with van der Waals surface area (Å²) >= 11 is 0. The summed E-state index contributed by atoms with van der Waals surface area (Å²) in [5.74, 6) is -1.07. The normalized spacial score (nSPS) is 13.6. The smallest absolute Gasteiger partial charge is 0.407 e. The molecule has 0 saturated heterocycles. The van der Waals surface area contributed by atoms with Crippen LogP contribution in [0.3, 0.4) is 0 Å². The number of aliphatic carboxylic acids is 1. The first kappa shape index (κ1) is 18.0. The van der Waals surface area contributed by atoms with Crippen LogP contribution in [0.5, 0.6) is 0 Å². The molecule has 0 fully saturated rings. The van der Waals surface area contributed by atoms with Crippen LogP contribution in [0.15, 0.2) is 48.5 Å². The minimum atomic E-state index is -1.04. The van der Waals surface area contributed by atoms with Gasteiger partial charge in [0.1, 0.15) is 12.6 Å². The van der Waals surface area contributed by atoms with Crippen LogP contribution in [-0.4, -0.2) is 29.8 Å². The minimum absolute atomic E-state index is 0.0351. The van der Waals surface area contributed by atoms with E-state index in [2.05, 4.69) is 17.4 Å². The van der Waals surface area contributed by atoms with Crippen molar-refractivity contribution in [2.24, 2.45) is 0 Å². The van der Waals surface area contributed by atoms with E-state index in [9.17, 15) is 14.7 Å². The fraction of sp³-hybridized carbons (Fsp3) is 0.333. The SMILES string of the molecule is CCCCC(NC(=O)OCC1c2ccccc2-c2ccccc21)C(=O)O. The Labute approximate surface area is 153 Å². The number of carbonyl (C=O) groups excluding carboxylic acids is 1. The minimum Gasteiger partial charge on any atom is -0.480 e. The summed E-state index contributed by atoms with van der Waals surface area (Å²) in [5.41, 5.74) is 4.57. The number of carboxylic acid groups (broad SMARTS) is 1. The number of benzene rings is 2. The summed E-state index contributed by atoms with van der Waals surface area (Å²) in [6, 6.07) is 15.3. The van der Waals surface area contributed by atoms with Gasteiger partial charge < -0.3 is 15.2 Å². The Hall–Kier alpha value is -2.82.